The molecule has 1 rings (SSSR count). The monoisotopic (exact) mass is 367 g/mol. The molecule has 23 heavy (non-hydrogen) atoms. The summed E-state index contributed by atoms with van der Waals surface area (Å²) < 4.78 is 99.6. The van der Waals surface area contributed by atoms with Crippen molar-refractivity contribution in [3.05, 3.63) is 24.3 Å². The van der Waals surface area contributed by atoms with E-state index in [1.165, 1.54) is 0 Å². The van der Waals surface area contributed by atoms with Gasteiger partial charge in [0.2, 0.25) is 0 Å². The van der Waals surface area contributed by atoms with Gasteiger partial charge in [0, 0.05) is 10.6 Å². The lowest BCUT2D eigenvalue weighted by Crippen LogP contribution is -2.54. The first-order chi connectivity index (χ1) is 10.3. The van der Waals surface area contributed by atoms with Crippen LogP contribution in [0.25, 0.3) is 0 Å². The van der Waals surface area contributed by atoms with E-state index < -0.39 is 45.6 Å². The van der Waals surface area contributed by atoms with Gasteiger partial charge < -0.3 is 10.4 Å². The number of aliphatic carboxylic acids is 1. The van der Waals surface area contributed by atoms with E-state index in [1.54, 1.807) is 0 Å². The van der Waals surface area contributed by atoms with E-state index in [4.69, 9.17) is 5.11 Å². The SMILES string of the molecule is O=C(O)CNc1ccc(S(=O)C(F)(F)C(F)(F)C(F)(F)F)cc1. The summed E-state index contributed by atoms with van der Waals surface area (Å²) in [5.74, 6) is -7.74. The third kappa shape index (κ3) is 3.92. The molecular formula is C11H8F7NO3S. The van der Waals surface area contributed by atoms with Crippen molar-refractivity contribution in [1.29, 1.82) is 0 Å². The largest absolute Gasteiger partial charge is 0.480 e. The van der Waals surface area contributed by atoms with Crippen LogP contribution < -0.4 is 5.32 Å². The zero-order valence-corrected chi connectivity index (χ0v) is 11.7. The zero-order valence-electron chi connectivity index (χ0n) is 10.8. The van der Waals surface area contributed by atoms with E-state index in [-0.39, 0.29) is 5.69 Å². The maximum atomic E-state index is 13.3. The number of carbonyl (C=O) groups is 1. The molecule has 0 amide bonds. The highest BCUT2D eigenvalue weighted by Crippen LogP contribution is 2.49. The molecule has 2 N–H and O–H groups in total. The molecule has 1 atom stereocenters. The molecule has 0 saturated carbocycles. The summed E-state index contributed by atoms with van der Waals surface area (Å²) in [6.07, 6.45) is -6.57. The van der Waals surface area contributed by atoms with Crippen LogP contribution in [0, 0.1) is 0 Å². The van der Waals surface area contributed by atoms with E-state index in [2.05, 4.69) is 5.32 Å². The van der Waals surface area contributed by atoms with Crippen molar-refractivity contribution in [2.24, 2.45) is 0 Å². The highest BCUT2D eigenvalue weighted by Gasteiger charge is 2.75. The van der Waals surface area contributed by atoms with E-state index in [9.17, 15) is 39.7 Å². The molecule has 12 heteroatoms. The normalized spacial score (nSPS) is 14.4. The van der Waals surface area contributed by atoms with Crippen molar-refractivity contribution in [2.75, 3.05) is 11.9 Å². The minimum Gasteiger partial charge on any atom is -0.480 e. The van der Waals surface area contributed by atoms with Gasteiger partial charge in [-0.2, -0.15) is 30.7 Å². The predicted molar refractivity (Wildman–Crippen MR) is 64.9 cm³/mol. The van der Waals surface area contributed by atoms with Gasteiger partial charge in [-0.05, 0) is 24.3 Å². The van der Waals surface area contributed by atoms with E-state index in [0.29, 0.717) is 12.1 Å². The van der Waals surface area contributed by atoms with Gasteiger partial charge in [0.1, 0.15) is 17.3 Å². The third-order valence-electron chi connectivity index (χ3n) is 2.47. The average Bonchev–Trinajstić information content (AvgIpc) is 2.43. The molecule has 0 aliphatic heterocycles. The van der Waals surface area contributed by atoms with Crippen LogP contribution in [-0.2, 0) is 15.6 Å². The molecule has 0 bridgehead atoms. The molecule has 0 fully saturated rings. The van der Waals surface area contributed by atoms with Crippen molar-refractivity contribution >= 4 is 22.5 Å². The highest BCUT2D eigenvalue weighted by atomic mass is 32.2. The Morgan fingerprint density at radius 3 is 1.91 bits per heavy atom. The lowest BCUT2D eigenvalue weighted by Gasteiger charge is -2.27. The van der Waals surface area contributed by atoms with Crippen LogP contribution in [0.1, 0.15) is 0 Å². The molecule has 0 heterocycles. The van der Waals surface area contributed by atoms with Crippen molar-refractivity contribution in [3.63, 3.8) is 0 Å². The zero-order chi connectivity index (χ0) is 18.1. The first-order valence-corrected chi connectivity index (χ1v) is 6.75. The minimum absolute atomic E-state index is 0.0547. The topological polar surface area (TPSA) is 66.4 Å². The van der Waals surface area contributed by atoms with Gasteiger partial charge in [-0.25, -0.2) is 4.21 Å². The van der Waals surface area contributed by atoms with E-state index in [0.717, 1.165) is 12.1 Å². The van der Waals surface area contributed by atoms with E-state index in [1.807, 2.05) is 0 Å². The van der Waals surface area contributed by atoms with Gasteiger partial charge in [0.15, 0.2) is 0 Å². The number of hydrogen-bond acceptors (Lipinski definition) is 3. The van der Waals surface area contributed by atoms with Crippen LogP contribution >= 0.6 is 0 Å². The molecule has 130 valence electrons. The van der Waals surface area contributed by atoms with Crippen molar-refractivity contribution in [2.45, 2.75) is 22.2 Å². The smallest absolute Gasteiger partial charge is 0.461 e. The molecule has 0 spiro atoms. The first-order valence-electron chi connectivity index (χ1n) is 5.60. The van der Waals surface area contributed by atoms with Crippen LogP contribution in [0.3, 0.4) is 0 Å². The molecular weight excluding hydrogens is 359 g/mol. The minimum atomic E-state index is -6.57. The van der Waals surface area contributed by atoms with Gasteiger partial charge >= 0.3 is 23.3 Å². The van der Waals surface area contributed by atoms with Crippen molar-refractivity contribution in [3.8, 4) is 0 Å². The Bertz CT molecular complexity index is 601. The summed E-state index contributed by atoms with van der Waals surface area (Å²) in [5, 5.41) is 4.81. The molecule has 0 radical (unpaired) electrons. The molecule has 0 aromatic heterocycles. The highest BCUT2D eigenvalue weighted by molar-refractivity contribution is 7.86. The maximum absolute atomic E-state index is 13.3. The van der Waals surface area contributed by atoms with Crippen LogP contribution in [-0.4, -0.2) is 39.2 Å². The Balaban J connectivity index is 3.03. The molecule has 4 nitrogen and oxygen atoms in total. The summed E-state index contributed by atoms with van der Waals surface area (Å²) in [7, 11) is -3.98. The van der Waals surface area contributed by atoms with Gasteiger partial charge in [-0.15, -0.1) is 0 Å². The van der Waals surface area contributed by atoms with Gasteiger partial charge in [-0.1, -0.05) is 0 Å². The molecule has 0 aliphatic rings. The predicted octanol–water partition coefficient (Wildman–Crippen LogP) is 3.08. The number of anilines is 1. The van der Waals surface area contributed by atoms with E-state index >= 15 is 0 Å². The fraction of sp³-hybridized carbons (Fsp3) is 0.364. The molecule has 0 saturated heterocycles. The summed E-state index contributed by atoms with van der Waals surface area (Å²) in [6, 6.07) is 3.08. The number of carboxylic acids is 1. The Morgan fingerprint density at radius 1 is 1.04 bits per heavy atom. The quantitative estimate of drug-likeness (QED) is 0.759. The Morgan fingerprint density at radius 2 is 1.52 bits per heavy atom. The van der Waals surface area contributed by atoms with Crippen LogP contribution in [0.5, 0.6) is 0 Å². The number of rotatable bonds is 6. The number of hydrogen-bond donors (Lipinski definition) is 2. The van der Waals surface area contributed by atoms with Crippen LogP contribution in [0.15, 0.2) is 29.2 Å². The molecule has 1 unspecified atom stereocenters. The van der Waals surface area contributed by atoms with Crippen molar-refractivity contribution < 1.29 is 44.8 Å². The fourth-order valence-corrected chi connectivity index (χ4v) is 2.33. The van der Waals surface area contributed by atoms with Gasteiger partial charge in [0.25, 0.3) is 0 Å². The summed E-state index contributed by atoms with van der Waals surface area (Å²) in [5.41, 5.74) is 0.0547. The first kappa shape index (κ1) is 19.2. The number of benzene rings is 1. The van der Waals surface area contributed by atoms with Crippen LogP contribution in [0.4, 0.5) is 36.4 Å². The lowest BCUT2D eigenvalue weighted by molar-refractivity contribution is -0.331. The molecule has 0 aliphatic carbocycles. The Kier molecular flexibility index (Phi) is 5.29. The standard InChI is InChI=1S/C11H8F7NO3S/c12-9(13,10(14,15)16)11(17,18)23(22)7-3-1-6(2-4-7)19-5-8(20)21/h1-4,19H,5H2,(H,20,21). The van der Waals surface area contributed by atoms with Crippen molar-refractivity contribution in [1.82, 2.24) is 0 Å². The fourth-order valence-electron chi connectivity index (χ4n) is 1.30. The second kappa shape index (κ2) is 6.34. The second-order valence-corrected chi connectivity index (χ2v) is 5.65. The summed E-state index contributed by atoms with van der Waals surface area (Å²) in [6.45, 7) is -0.551. The second-order valence-electron chi connectivity index (χ2n) is 4.13. The number of carboxylic acid groups (broad SMARTS) is 1. The third-order valence-corrected chi connectivity index (χ3v) is 3.89. The van der Waals surface area contributed by atoms with Crippen LogP contribution in [0.2, 0.25) is 0 Å². The summed E-state index contributed by atoms with van der Waals surface area (Å²) >= 11 is 0. The maximum Gasteiger partial charge on any atom is 0.461 e. The number of alkyl halides is 7. The Labute approximate surface area is 126 Å². The van der Waals surface area contributed by atoms with Gasteiger partial charge in [-0.3, -0.25) is 4.79 Å². The van der Waals surface area contributed by atoms with Gasteiger partial charge in [0.05, 0.1) is 0 Å². The number of nitrogens with one attached hydrogen (secondary N) is 1. The number of halogens is 7. The molecule has 1 aromatic carbocycles. The lowest BCUT2D eigenvalue weighted by atomic mass is 10.3. The average molecular weight is 367 g/mol. The molecule has 1 aromatic rings. The Hall–Kier alpha value is -1.85. The summed E-state index contributed by atoms with van der Waals surface area (Å²) in [4.78, 5) is 9.31.